The van der Waals surface area contributed by atoms with Crippen LogP contribution >= 0.6 is 0 Å². The molecule has 0 aromatic carbocycles. The van der Waals surface area contributed by atoms with Crippen molar-refractivity contribution in [3.63, 3.8) is 0 Å². The van der Waals surface area contributed by atoms with Crippen LogP contribution in [-0.2, 0) is 23.6 Å². The highest BCUT2D eigenvalue weighted by molar-refractivity contribution is 5.65. The Morgan fingerprint density at radius 2 is 2.00 bits per heavy atom. The molecule has 0 saturated heterocycles. The minimum Gasteiger partial charge on any atom is -0.464 e. The molecule has 0 bridgehead atoms. The number of esters is 1. The predicted octanol–water partition coefficient (Wildman–Crippen LogP) is -0.941. The van der Waals surface area contributed by atoms with Crippen molar-refractivity contribution in [2.75, 3.05) is 18.5 Å². The molecule has 0 saturated carbocycles. The van der Waals surface area contributed by atoms with Crippen molar-refractivity contribution in [1.82, 2.24) is 9.13 Å². The highest BCUT2D eigenvalue weighted by atomic mass is 16.5. The van der Waals surface area contributed by atoms with Crippen LogP contribution in [0.4, 0.5) is 5.82 Å². The third-order valence-electron chi connectivity index (χ3n) is 2.24. The summed E-state index contributed by atoms with van der Waals surface area (Å²) in [6.45, 7) is 1.83. The topological polar surface area (TPSA) is 82.3 Å². The van der Waals surface area contributed by atoms with Crippen LogP contribution in [0.5, 0.6) is 0 Å². The van der Waals surface area contributed by atoms with Crippen molar-refractivity contribution >= 4 is 11.8 Å². The average molecular weight is 241 g/mol. The van der Waals surface area contributed by atoms with Gasteiger partial charge in [0.2, 0.25) is 0 Å². The third-order valence-corrected chi connectivity index (χ3v) is 2.24. The molecule has 94 valence electrons. The molecule has 0 spiro atoms. The van der Waals surface area contributed by atoms with Gasteiger partial charge in [-0.25, -0.2) is 4.79 Å². The van der Waals surface area contributed by atoms with Crippen LogP contribution in [0, 0.1) is 0 Å². The Balaban J connectivity index is 2.76. The lowest BCUT2D eigenvalue weighted by atomic mass is 10.5. The Hall–Kier alpha value is -2.05. The first-order valence-corrected chi connectivity index (χ1v) is 5.07. The Morgan fingerprint density at radius 3 is 2.59 bits per heavy atom. The maximum atomic E-state index is 11.6. The van der Waals surface area contributed by atoms with E-state index in [0.29, 0.717) is 12.4 Å². The summed E-state index contributed by atoms with van der Waals surface area (Å²) < 4.78 is 7.04. The van der Waals surface area contributed by atoms with Crippen LogP contribution in [0.15, 0.2) is 15.7 Å². The van der Waals surface area contributed by atoms with E-state index >= 15 is 0 Å². The highest BCUT2D eigenvalue weighted by Gasteiger charge is 2.04. The van der Waals surface area contributed by atoms with Crippen molar-refractivity contribution in [3.05, 3.63) is 26.9 Å². The number of hydrogen-bond donors (Lipinski definition) is 1. The lowest BCUT2D eigenvalue weighted by molar-refractivity contribution is -0.140. The fraction of sp³-hybridized carbons (Fsp3) is 0.500. The third kappa shape index (κ3) is 3.20. The van der Waals surface area contributed by atoms with E-state index in [1.165, 1.54) is 24.6 Å². The van der Waals surface area contributed by atoms with Gasteiger partial charge in [-0.3, -0.25) is 18.7 Å². The van der Waals surface area contributed by atoms with Crippen LogP contribution in [0.3, 0.4) is 0 Å². The van der Waals surface area contributed by atoms with E-state index in [9.17, 15) is 14.4 Å². The summed E-state index contributed by atoms with van der Waals surface area (Å²) in [4.78, 5) is 33.4. The van der Waals surface area contributed by atoms with Crippen LogP contribution in [0.2, 0.25) is 0 Å². The summed E-state index contributed by atoms with van der Waals surface area (Å²) in [6.07, 6.45) is 0. The van der Waals surface area contributed by atoms with Gasteiger partial charge < -0.3 is 10.1 Å². The van der Waals surface area contributed by atoms with E-state index in [2.05, 4.69) is 5.32 Å². The number of rotatable bonds is 4. The molecule has 1 N–H and O–H groups in total. The van der Waals surface area contributed by atoms with E-state index in [1.54, 1.807) is 7.05 Å². The Morgan fingerprint density at radius 1 is 1.35 bits per heavy atom. The normalized spacial score (nSPS) is 10.1. The molecule has 0 aliphatic heterocycles. The number of nitrogens with zero attached hydrogens (tertiary/aromatic N) is 2. The van der Waals surface area contributed by atoms with Gasteiger partial charge in [-0.1, -0.05) is 0 Å². The van der Waals surface area contributed by atoms with Crippen LogP contribution in [0.25, 0.3) is 0 Å². The minimum absolute atomic E-state index is 0.179. The lowest BCUT2D eigenvalue weighted by Gasteiger charge is -2.11. The molecular formula is C10H15N3O4. The summed E-state index contributed by atoms with van der Waals surface area (Å²) in [6, 6.07) is 1.31. The van der Waals surface area contributed by atoms with E-state index in [4.69, 9.17) is 4.74 Å². The first kappa shape index (κ1) is 13.0. The molecule has 17 heavy (non-hydrogen) atoms. The highest BCUT2D eigenvalue weighted by Crippen LogP contribution is 1.97. The number of carbonyl (C=O) groups is 1. The van der Waals surface area contributed by atoms with E-state index in [-0.39, 0.29) is 18.1 Å². The zero-order valence-corrected chi connectivity index (χ0v) is 10.0. The van der Waals surface area contributed by atoms with Gasteiger partial charge in [-0.05, 0) is 0 Å². The smallest absolute Gasteiger partial charge is 0.332 e. The molecule has 1 rings (SSSR count). The molecule has 1 aromatic rings. The predicted molar refractivity (Wildman–Crippen MR) is 62.0 cm³/mol. The number of carbonyl (C=O) groups excluding carboxylic acids is 1. The lowest BCUT2D eigenvalue weighted by Crippen LogP contribution is -2.37. The van der Waals surface area contributed by atoms with Gasteiger partial charge in [0.1, 0.15) is 12.4 Å². The summed E-state index contributed by atoms with van der Waals surface area (Å²) in [5.41, 5.74) is -0.796. The fourth-order valence-electron chi connectivity index (χ4n) is 1.28. The van der Waals surface area contributed by atoms with Crippen LogP contribution in [0.1, 0.15) is 6.92 Å². The molecule has 0 amide bonds. The van der Waals surface area contributed by atoms with Crippen molar-refractivity contribution in [3.8, 4) is 0 Å². The maximum Gasteiger partial charge on any atom is 0.332 e. The van der Waals surface area contributed by atoms with Gasteiger partial charge in [0.25, 0.3) is 5.56 Å². The Kier molecular flexibility index (Phi) is 4.08. The monoisotopic (exact) mass is 241 g/mol. The minimum atomic E-state index is -0.410. The first-order valence-electron chi connectivity index (χ1n) is 5.07. The van der Waals surface area contributed by atoms with Gasteiger partial charge >= 0.3 is 11.7 Å². The SMILES string of the molecule is CC(=O)OCCNc1cc(=O)n(C)c(=O)n1C. The zero-order valence-electron chi connectivity index (χ0n) is 10.0. The maximum absolute atomic E-state index is 11.6. The summed E-state index contributed by atoms with van der Waals surface area (Å²) >= 11 is 0. The van der Waals surface area contributed by atoms with Crippen molar-refractivity contribution < 1.29 is 9.53 Å². The number of anilines is 1. The van der Waals surface area contributed by atoms with E-state index in [1.807, 2.05) is 0 Å². The molecule has 0 radical (unpaired) electrons. The second-order valence-corrected chi connectivity index (χ2v) is 3.54. The summed E-state index contributed by atoms with van der Waals surface area (Å²) in [5, 5.41) is 2.85. The number of nitrogens with one attached hydrogen (secondary N) is 1. The molecule has 0 atom stereocenters. The molecule has 0 aliphatic carbocycles. The number of ether oxygens (including phenoxy) is 1. The second-order valence-electron chi connectivity index (χ2n) is 3.54. The molecule has 0 unspecified atom stereocenters. The summed E-state index contributed by atoms with van der Waals surface area (Å²) in [7, 11) is 2.96. The molecular weight excluding hydrogens is 226 g/mol. The Labute approximate surface area is 97.6 Å². The molecule has 7 nitrogen and oxygen atoms in total. The second kappa shape index (κ2) is 5.33. The summed E-state index contributed by atoms with van der Waals surface area (Å²) in [5.74, 6) is 0.0231. The van der Waals surface area contributed by atoms with E-state index in [0.717, 1.165) is 4.57 Å². The van der Waals surface area contributed by atoms with Gasteiger partial charge in [0, 0.05) is 27.1 Å². The largest absolute Gasteiger partial charge is 0.464 e. The van der Waals surface area contributed by atoms with Gasteiger partial charge in [0.05, 0.1) is 6.54 Å². The average Bonchev–Trinajstić information content (AvgIpc) is 2.27. The molecule has 0 fully saturated rings. The fourth-order valence-corrected chi connectivity index (χ4v) is 1.28. The molecule has 7 heteroatoms. The van der Waals surface area contributed by atoms with E-state index < -0.39 is 5.69 Å². The van der Waals surface area contributed by atoms with Crippen LogP contribution in [-0.4, -0.2) is 28.3 Å². The molecule has 1 aromatic heterocycles. The molecule has 1 heterocycles. The van der Waals surface area contributed by atoms with Gasteiger partial charge in [-0.15, -0.1) is 0 Å². The Bertz CT molecular complexity index is 529. The van der Waals surface area contributed by atoms with Crippen LogP contribution < -0.4 is 16.6 Å². The zero-order chi connectivity index (χ0) is 13.0. The van der Waals surface area contributed by atoms with Crippen molar-refractivity contribution in [2.24, 2.45) is 14.1 Å². The first-order chi connectivity index (χ1) is 7.93. The van der Waals surface area contributed by atoms with Gasteiger partial charge in [-0.2, -0.15) is 0 Å². The van der Waals surface area contributed by atoms with Crippen molar-refractivity contribution in [2.45, 2.75) is 6.92 Å². The van der Waals surface area contributed by atoms with Gasteiger partial charge in [0.15, 0.2) is 0 Å². The molecule has 0 aliphatic rings. The number of aromatic nitrogens is 2. The number of hydrogen-bond acceptors (Lipinski definition) is 5. The quantitative estimate of drug-likeness (QED) is 0.543. The standard InChI is InChI=1S/C10H15N3O4/c1-7(14)17-5-4-11-8-6-9(15)13(3)10(16)12(8)2/h6,11H,4-5H2,1-3H3. The van der Waals surface area contributed by atoms with Crippen molar-refractivity contribution in [1.29, 1.82) is 0 Å².